The van der Waals surface area contributed by atoms with E-state index in [1.54, 1.807) is 23.2 Å². The Bertz CT molecular complexity index is 859. The van der Waals surface area contributed by atoms with Crippen molar-refractivity contribution in [3.63, 3.8) is 0 Å². The predicted octanol–water partition coefficient (Wildman–Crippen LogP) is 2.21. The zero-order valence-corrected chi connectivity index (χ0v) is 16.1. The second-order valence-corrected chi connectivity index (χ2v) is 7.35. The second-order valence-electron chi connectivity index (χ2n) is 7.35. The fraction of sp³-hybridized carbons (Fsp3) is 0.381. The minimum absolute atomic E-state index is 0.112. The molecule has 2 aromatic rings. The van der Waals surface area contributed by atoms with Gasteiger partial charge in [-0.1, -0.05) is 6.07 Å². The van der Waals surface area contributed by atoms with Crippen molar-refractivity contribution >= 4 is 29.0 Å². The molecule has 2 saturated heterocycles. The topological polar surface area (TPSA) is 68.8 Å². The van der Waals surface area contributed by atoms with Crippen LogP contribution in [0.4, 0.5) is 17.2 Å². The van der Waals surface area contributed by atoms with Gasteiger partial charge in [-0.15, -0.1) is 0 Å². The third-order valence-electron chi connectivity index (χ3n) is 5.33. The van der Waals surface area contributed by atoms with Gasteiger partial charge in [0.25, 0.3) is 5.91 Å². The molecule has 2 aliphatic rings. The smallest absolute Gasteiger partial charge is 0.255 e. The quantitative estimate of drug-likeness (QED) is 0.882. The Morgan fingerprint density at radius 2 is 1.89 bits per heavy atom. The Hall–Kier alpha value is -2.93. The van der Waals surface area contributed by atoms with Crippen molar-refractivity contribution in [2.45, 2.75) is 12.8 Å². The van der Waals surface area contributed by atoms with E-state index in [-0.39, 0.29) is 11.8 Å². The molecule has 28 heavy (non-hydrogen) atoms. The lowest BCUT2D eigenvalue weighted by atomic mass is 10.1. The Morgan fingerprint density at radius 1 is 1.07 bits per heavy atom. The Morgan fingerprint density at radius 3 is 2.57 bits per heavy atom. The van der Waals surface area contributed by atoms with Crippen LogP contribution < -0.4 is 15.1 Å². The van der Waals surface area contributed by atoms with E-state index in [0.717, 1.165) is 44.1 Å². The maximum atomic E-state index is 12.6. The number of likely N-dealkylation sites (N-methyl/N-ethyl adjacent to an activating group) is 1. The van der Waals surface area contributed by atoms with Crippen LogP contribution in [0.3, 0.4) is 0 Å². The van der Waals surface area contributed by atoms with Crippen molar-refractivity contribution in [3.05, 3.63) is 48.2 Å². The van der Waals surface area contributed by atoms with Crippen molar-refractivity contribution in [3.8, 4) is 0 Å². The van der Waals surface area contributed by atoms with Crippen LogP contribution in [0, 0.1) is 0 Å². The molecule has 3 heterocycles. The van der Waals surface area contributed by atoms with Crippen LogP contribution >= 0.6 is 0 Å². The number of hydrogen-bond acceptors (Lipinski definition) is 5. The normalized spacial score (nSPS) is 17.8. The maximum absolute atomic E-state index is 12.6. The van der Waals surface area contributed by atoms with Gasteiger partial charge in [0, 0.05) is 50.4 Å². The number of hydrogen-bond donors (Lipinski definition) is 1. The largest absolute Gasteiger partial charge is 0.354 e. The van der Waals surface area contributed by atoms with Crippen molar-refractivity contribution in [2.24, 2.45) is 0 Å². The molecule has 0 bridgehead atoms. The SMILES string of the molecule is CN1CCN(c2ccc(NC(=O)c3cccc(N4CCCC4=O)c3)cn2)CC1. The van der Waals surface area contributed by atoms with Gasteiger partial charge in [-0.3, -0.25) is 9.59 Å². The zero-order valence-electron chi connectivity index (χ0n) is 16.1. The Labute approximate surface area is 164 Å². The van der Waals surface area contributed by atoms with Gasteiger partial charge in [0.05, 0.1) is 11.9 Å². The highest BCUT2D eigenvalue weighted by Crippen LogP contribution is 2.23. The molecule has 0 unspecified atom stereocenters. The maximum Gasteiger partial charge on any atom is 0.255 e. The lowest BCUT2D eigenvalue weighted by Crippen LogP contribution is -2.44. The van der Waals surface area contributed by atoms with Crippen LogP contribution in [0.5, 0.6) is 0 Å². The average molecular weight is 379 g/mol. The van der Waals surface area contributed by atoms with Crippen molar-refractivity contribution in [2.75, 3.05) is 54.9 Å². The van der Waals surface area contributed by atoms with Gasteiger partial charge in [-0.2, -0.15) is 0 Å². The van der Waals surface area contributed by atoms with Crippen LogP contribution in [0.25, 0.3) is 0 Å². The number of piperazine rings is 1. The fourth-order valence-electron chi connectivity index (χ4n) is 3.62. The highest BCUT2D eigenvalue weighted by Gasteiger charge is 2.22. The summed E-state index contributed by atoms with van der Waals surface area (Å²) >= 11 is 0. The monoisotopic (exact) mass is 379 g/mol. The second kappa shape index (κ2) is 7.98. The first kappa shape index (κ1) is 18.4. The number of nitrogens with one attached hydrogen (secondary N) is 1. The van der Waals surface area contributed by atoms with Crippen molar-refractivity contribution in [1.82, 2.24) is 9.88 Å². The molecule has 0 atom stereocenters. The molecule has 7 nitrogen and oxygen atoms in total. The summed E-state index contributed by atoms with van der Waals surface area (Å²) in [6.07, 6.45) is 3.13. The molecule has 0 saturated carbocycles. The van der Waals surface area contributed by atoms with E-state index in [4.69, 9.17) is 0 Å². The van der Waals surface area contributed by atoms with Gasteiger partial charge in [0.2, 0.25) is 5.91 Å². The van der Waals surface area contributed by atoms with Gasteiger partial charge in [-0.25, -0.2) is 4.98 Å². The zero-order chi connectivity index (χ0) is 19.5. The molecule has 1 N–H and O–H groups in total. The number of amides is 2. The lowest BCUT2D eigenvalue weighted by Gasteiger charge is -2.33. The fourth-order valence-corrected chi connectivity index (χ4v) is 3.62. The molecule has 146 valence electrons. The molecule has 2 fully saturated rings. The predicted molar refractivity (Wildman–Crippen MR) is 110 cm³/mol. The van der Waals surface area contributed by atoms with Crippen LogP contribution in [0.15, 0.2) is 42.6 Å². The molecule has 0 radical (unpaired) electrons. The van der Waals surface area contributed by atoms with E-state index in [9.17, 15) is 9.59 Å². The number of nitrogens with zero attached hydrogens (tertiary/aromatic N) is 4. The summed E-state index contributed by atoms with van der Waals surface area (Å²) in [6, 6.07) is 11.0. The number of aromatic nitrogens is 1. The van der Waals surface area contributed by atoms with E-state index in [1.807, 2.05) is 24.3 Å². The van der Waals surface area contributed by atoms with Crippen LogP contribution in [0.1, 0.15) is 23.2 Å². The third kappa shape index (κ3) is 3.99. The molecule has 0 spiro atoms. The summed E-state index contributed by atoms with van der Waals surface area (Å²) in [5, 5.41) is 2.89. The first-order chi connectivity index (χ1) is 13.6. The molecule has 2 amide bonds. The summed E-state index contributed by atoms with van der Waals surface area (Å²) in [5.74, 6) is 0.838. The standard InChI is InChI=1S/C21H25N5O2/c1-24-10-12-25(13-11-24)19-8-7-17(15-22-19)23-21(28)16-4-2-5-18(14-16)26-9-3-6-20(26)27/h2,4-5,7-8,14-15H,3,6,9-13H2,1H3,(H,23,28). The number of carbonyl (C=O) groups is 2. The molecule has 2 aliphatic heterocycles. The first-order valence-corrected chi connectivity index (χ1v) is 9.71. The minimum Gasteiger partial charge on any atom is -0.354 e. The van der Waals surface area contributed by atoms with E-state index in [2.05, 4.69) is 27.1 Å². The minimum atomic E-state index is -0.206. The van der Waals surface area contributed by atoms with E-state index in [0.29, 0.717) is 24.2 Å². The molecule has 1 aromatic heterocycles. The van der Waals surface area contributed by atoms with E-state index in [1.165, 1.54) is 0 Å². The van der Waals surface area contributed by atoms with Gasteiger partial charge in [0.1, 0.15) is 5.82 Å². The van der Waals surface area contributed by atoms with E-state index < -0.39 is 0 Å². The van der Waals surface area contributed by atoms with Crippen molar-refractivity contribution < 1.29 is 9.59 Å². The van der Waals surface area contributed by atoms with Crippen molar-refractivity contribution in [1.29, 1.82) is 0 Å². The van der Waals surface area contributed by atoms with E-state index >= 15 is 0 Å². The molecular weight excluding hydrogens is 354 g/mol. The Balaban J connectivity index is 1.41. The van der Waals surface area contributed by atoms with Gasteiger partial charge < -0.3 is 20.0 Å². The van der Waals surface area contributed by atoms with Gasteiger partial charge in [0.15, 0.2) is 0 Å². The number of carbonyl (C=O) groups excluding carboxylic acids is 2. The number of benzene rings is 1. The summed E-state index contributed by atoms with van der Waals surface area (Å²) in [4.78, 5) is 35.4. The summed E-state index contributed by atoms with van der Waals surface area (Å²) < 4.78 is 0. The average Bonchev–Trinajstić information content (AvgIpc) is 3.15. The van der Waals surface area contributed by atoms with Gasteiger partial charge >= 0.3 is 0 Å². The lowest BCUT2D eigenvalue weighted by molar-refractivity contribution is -0.117. The molecular formula is C21H25N5O2. The van der Waals surface area contributed by atoms with Crippen LogP contribution in [-0.2, 0) is 4.79 Å². The van der Waals surface area contributed by atoms with Gasteiger partial charge in [-0.05, 0) is 43.8 Å². The third-order valence-corrected chi connectivity index (χ3v) is 5.33. The number of pyridine rings is 1. The Kier molecular flexibility index (Phi) is 5.25. The molecule has 7 heteroatoms. The highest BCUT2D eigenvalue weighted by atomic mass is 16.2. The summed E-state index contributed by atoms with van der Waals surface area (Å²) in [6.45, 7) is 4.67. The molecule has 0 aliphatic carbocycles. The number of rotatable bonds is 4. The molecule has 4 rings (SSSR count). The highest BCUT2D eigenvalue weighted by molar-refractivity contribution is 6.05. The summed E-state index contributed by atoms with van der Waals surface area (Å²) in [7, 11) is 2.12. The van der Waals surface area contributed by atoms with Crippen LogP contribution in [0.2, 0.25) is 0 Å². The molecule has 1 aromatic carbocycles. The number of anilines is 3. The first-order valence-electron chi connectivity index (χ1n) is 9.71. The summed E-state index contributed by atoms with van der Waals surface area (Å²) in [5.41, 5.74) is 1.96. The van der Waals surface area contributed by atoms with Crippen LogP contribution in [-0.4, -0.2) is 61.5 Å².